The standard InChI is InChI=1S/C15H14N4O6/c20-14(18-11-3-1-4-12(7-11)19(22)23)9-17-25-10-15(21)16-8-13-5-2-6-24-13/h1-7,9H,8,10H2,(H,16,21)(H,18,20)/b17-9-. The largest absolute Gasteiger partial charge is 0.467 e. The third-order valence-corrected chi connectivity index (χ3v) is 2.80. The van der Waals surface area contributed by atoms with Gasteiger partial charge >= 0.3 is 0 Å². The predicted octanol–water partition coefficient (Wildman–Crippen LogP) is 1.45. The minimum atomic E-state index is -0.656. The first-order valence-electron chi connectivity index (χ1n) is 7.04. The Morgan fingerprint density at radius 2 is 2.16 bits per heavy atom. The molecule has 0 unspecified atom stereocenters. The molecule has 130 valence electrons. The van der Waals surface area contributed by atoms with Crippen LogP contribution in [0.3, 0.4) is 0 Å². The topological polar surface area (TPSA) is 136 Å². The van der Waals surface area contributed by atoms with Crippen LogP contribution in [0.1, 0.15) is 5.76 Å². The Morgan fingerprint density at radius 3 is 2.88 bits per heavy atom. The van der Waals surface area contributed by atoms with Gasteiger partial charge in [-0.05, 0) is 18.2 Å². The second-order valence-corrected chi connectivity index (χ2v) is 4.66. The summed E-state index contributed by atoms with van der Waals surface area (Å²) in [4.78, 5) is 37.8. The van der Waals surface area contributed by atoms with Gasteiger partial charge in [-0.15, -0.1) is 0 Å². The molecule has 0 bridgehead atoms. The Labute approximate surface area is 141 Å². The number of anilines is 1. The van der Waals surface area contributed by atoms with Crippen molar-refractivity contribution in [1.82, 2.24) is 5.32 Å². The molecule has 0 aliphatic carbocycles. The lowest BCUT2D eigenvalue weighted by atomic mass is 10.3. The van der Waals surface area contributed by atoms with Crippen LogP contribution in [-0.2, 0) is 21.0 Å². The molecule has 2 rings (SSSR count). The summed E-state index contributed by atoms with van der Waals surface area (Å²) in [6.07, 6.45) is 2.31. The van der Waals surface area contributed by atoms with Gasteiger partial charge in [0.2, 0.25) is 0 Å². The summed E-state index contributed by atoms with van der Waals surface area (Å²) in [6.45, 7) is -0.159. The van der Waals surface area contributed by atoms with Crippen molar-refractivity contribution in [2.24, 2.45) is 5.16 Å². The molecule has 10 heteroatoms. The van der Waals surface area contributed by atoms with Crippen LogP contribution in [0.15, 0.2) is 52.2 Å². The van der Waals surface area contributed by atoms with E-state index in [0.717, 1.165) is 6.21 Å². The minimum absolute atomic E-state index is 0.154. The Kier molecular flexibility index (Phi) is 6.23. The van der Waals surface area contributed by atoms with Crippen molar-refractivity contribution in [2.75, 3.05) is 11.9 Å². The SMILES string of the molecule is O=C(/C=N\OCC(=O)NCc1ccco1)Nc1cccc([N+](=O)[O-])c1. The molecule has 0 aliphatic heterocycles. The summed E-state index contributed by atoms with van der Waals surface area (Å²) in [5.74, 6) is -0.502. The van der Waals surface area contributed by atoms with E-state index in [4.69, 9.17) is 9.25 Å². The van der Waals surface area contributed by atoms with E-state index in [0.29, 0.717) is 5.76 Å². The normalized spacial score (nSPS) is 10.4. The summed E-state index contributed by atoms with van der Waals surface area (Å²) < 4.78 is 5.04. The molecule has 1 aromatic carbocycles. The van der Waals surface area contributed by atoms with Gasteiger partial charge in [-0.25, -0.2) is 0 Å². The molecule has 0 spiro atoms. The monoisotopic (exact) mass is 346 g/mol. The second kappa shape index (κ2) is 8.82. The Morgan fingerprint density at radius 1 is 1.32 bits per heavy atom. The molecule has 10 nitrogen and oxygen atoms in total. The maximum Gasteiger partial charge on any atom is 0.271 e. The molecular weight excluding hydrogens is 332 g/mol. The number of nitro groups is 1. The number of hydrogen-bond acceptors (Lipinski definition) is 7. The number of nitrogens with one attached hydrogen (secondary N) is 2. The summed E-state index contributed by atoms with van der Waals surface area (Å²) >= 11 is 0. The number of non-ortho nitro benzene ring substituents is 1. The Hall–Kier alpha value is -3.69. The molecule has 0 fully saturated rings. The van der Waals surface area contributed by atoms with Gasteiger partial charge in [-0.3, -0.25) is 19.7 Å². The molecule has 0 aliphatic rings. The smallest absolute Gasteiger partial charge is 0.271 e. The fourth-order valence-corrected chi connectivity index (χ4v) is 1.70. The summed E-state index contributed by atoms with van der Waals surface area (Å²) in [7, 11) is 0. The third kappa shape index (κ3) is 6.14. The van der Waals surface area contributed by atoms with Gasteiger partial charge in [0, 0.05) is 17.8 Å². The van der Waals surface area contributed by atoms with Gasteiger partial charge < -0.3 is 19.9 Å². The maximum absolute atomic E-state index is 11.6. The number of benzene rings is 1. The van der Waals surface area contributed by atoms with E-state index in [1.807, 2.05) is 0 Å². The first-order valence-corrected chi connectivity index (χ1v) is 7.04. The van der Waals surface area contributed by atoms with Crippen molar-refractivity contribution in [3.63, 3.8) is 0 Å². The zero-order chi connectivity index (χ0) is 18.1. The Bertz CT molecular complexity index is 772. The number of amides is 2. The third-order valence-electron chi connectivity index (χ3n) is 2.80. The molecule has 2 aromatic rings. The quantitative estimate of drug-likeness (QED) is 0.422. The first-order chi connectivity index (χ1) is 12.0. The summed E-state index contributed by atoms with van der Waals surface area (Å²) in [5, 5.41) is 18.9. The van der Waals surface area contributed by atoms with Gasteiger partial charge in [0.05, 0.1) is 17.7 Å². The number of oxime groups is 1. The predicted molar refractivity (Wildman–Crippen MR) is 86.7 cm³/mol. The fourth-order valence-electron chi connectivity index (χ4n) is 1.70. The van der Waals surface area contributed by atoms with E-state index >= 15 is 0 Å². The van der Waals surface area contributed by atoms with Gasteiger partial charge in [-0.2, -0.15) is 0 Å². The molecule has 1 heterocycles. The fraction of sp³-hybridized carbons (Fsp3) is 0.133. The van der Waals surface area contributed by atoms with Crippen LogP contribution in [-0.4, -0.2) is 29.6 Å². The maximum atomic E-state index is 11.6. The number of nitrogens with zero attached hydrogens (tertiary/aromatic N) is 2. The highest BCUT2D eigenvalue weighted by molar-refractivity contribution is 6.31. The van der Waals surface area contributed by atoms with Gasteiger partial charge in [0.1, 0.15) is 12.0 Å². The van der Waals surface area contributed by atoms with Crippen molar-refractivity contribution >= 4 is 29.4 Å². The molecule has 0 radical (unpaired) electrons. The van der Waals surface area contributed by atoms with E-state index in [9.17, 15) is 19.7 Å². The van der Waals surface area contributed by atoms with E-state index in [2.05, 4.69) is 15.8 Å². The Balaban J connectivity index is 1.70. The number of carbonyl (C=O) groups is 2. The molecule has 25 heavy (non-hydrogen) atoms. The molecular formula is C15H14N4O6. The molecule has 2 amide bonds. The molecule has 2 N–H and O–H groups in total. The molecule has 0 atom stereocenters. The molecule has 1 aromatic heterocycles. The summed E-state index contributed by atoms with van der Waals surface area (Å²) in [6, 6.07) is 8.83. The lowest BCUT2D eigenvalue weighted by Crippen LogP contribution is -2.26. The highest BCUT2D eigenvalue weighted by Gasteiger charge is 2.07. The van der Waals surface area contributed by atoms with E-state index in [-0.39, 0.29) is 24.5 Å². The van der Waals surface area contributed by atoms with Crippen LogP contribution in [0, 0.1) is 10.1 Å². The summed E-state index contributed by atoms with van der Waals surface area (Å²) in [5.41, 5.74) is 0.0843. The van der Waals surface area contributed by atoms with Crippen LogP contribution in [0.5, 0.6) is 0 Å². The second-order valence-electron chi connectivity index (χ2n) is 4.66. The van der Waals surface area contributed by atoms with Crippen LogP contribution >= 0.6 is 0 Å². The number of nitro benzene ring substituents is 1. The average Bonchev–Trinajstić information content (AvgIpc) is 3.10. The lowest BCUT2D eigenvalue weighted by Gasteiger charge is -2.02. The minimum Gasteiger partial charge on any atom is -0.467 e. The molecule has 0 saturated heterocycles. The highest BCUT2D eigenvalue weighted by atomic mass is 16.6. The molecule has 0 saturated carbocycles. The van der Waals surface area contributed by atoms with Crippen LogP contribution < -0.4 is 10.6 Å². The van der Waals surface area contributed by atoms with Crippen LogP contribution in [0.4, 0.5) is 11.4 Å². The average molecular weight is 346 g/mol. The zero-order valence-electron chi connectivity index (χ0n) is 12.9. The van der Waals surface area contributed by atoms with Crippen molar-refractivity contribution in [3.8, 4) is 0 Å². The van der Waals surface area contributed by atoms with Crippen LogP contribution in [0.2, 0.25) is 0 Å². The number of furan rings is 1. The van der Waals surface area contributed by atoms with Crippen molar-refractivity contribution in [2.45, 2.75) is 6.54 Å². The first kappa shape index (κ1) is 17.7. The highest BCUT2D eigenvalue weighted by Crippen LogP contribution is 2.16. The van der Waals surface area contributed by atoms with E-state index < -0.39 is 16.7 Å². The van der Waals surface area contributed by atoms with E-state index in [1.54, 1.807) is 12.1 Å². The van der Waals surface area contributed by atoms with Crippen molar-refractivity contribution in [3.05, 3.63) is 58.5 Å². The number of carbonyl (C=O) groups excluding carboxylic acids is 2. The number of hydrogen-bond donors (Lipinski definition) is 2. The van der Waals surface area contributed by atoms with Gasteiger partial charge in [0.25, 0.3) is 17.5 Å². The number of rotatable bonds is 8. The van der Waals surface area contributed by atoms with Gasteiger partial charge in [0.15, 0.2) is 6.61 Å². The van der Waals surface area contributed by atoms with E-state index in [1.165, 1.54) is 30.5 Å². The van der Waals surface area contributed by atoms with Crippen molar-refractivity contribution in [1.29, 1.82) is 0 Å². The van der Waals surface area contributed by atoms with Crippen LogP contribution in [0.25, 0.3) is 0 Å². The zero-order valence-corrected chi connectivity index (χ0v) is 12.9. The lowest BCUT2D eigenvalue weighted by molar-refractivity contribution is -0.384. The van der Waals surface area contributed by atoms with Crippen molar-refractivity contribution < 1.29 is 23.8 Å². The van der Waals surface area contributed by atoms with Gasteiger partial charge in [-0.1, -0.05) is 11.2 Å².